The van der Waals surface area contributed by atoms with Crippen LogP contribution >= 0.6 is 24.0 Å². The molecule has 1 aliphatic rings. The number of carbonyl (C=O) groups excluding carboxylic acids is 1. The second-order valence-electron chi connectivity index (χ2n) is 5.09. The Morgan fingerprint density at radius 1 is 1.27 bits per heavy atom. The van der Waals surface area contributed by atoms with Gasteiger partial charge in [0.2, 0.25) is 0 Å². The minimum atomic E-state index is -0.0283. The van der Waals surface area contributed by atoms with Crippen molar-refractivity contribution in [2.75, 3.05) is 0 Å². The third-order valence-electron chi connectivity index (χ3n) is 3.36. The number of hydrogen-bond acceptors (Lipinski definition) is 3. The molecular weight excluding hydrogens is 312 g/mol. The topological polar surface area (TPSA) is 34.5 Å². The van der Waals surface area contributed by atoms with Crippen molar-refractivity contribution < 1.29 is 9.78 Å². The van der Waals surface area contributed by atoms with E-state index in [1.807, 2.05) is 61.8 Å². The van der Waals surface area contributed by atoms with Crippen LogP contribution in [-0.2, 0) is 11.3 Å². The van der Waals surface area contributed by atoms with Crippen LogP contribution in [0, 0.1) is 6.92 Å². The van der Waals surface area contributed by atoms with E-state index in [0.717, 1.165) is 11.1 Å². The molecule has 3 rings (SSSR count). The highest BCUT2D eigenvalue weighted by molar-refractivity contribution is 8.26. The van der Waals surface area contributed by atoms with E-state index in [2.05, 4.69) is 4.98 Å². The SMILES string of the molecule is Cc1ccc(C=C2SC(=S)N(Cc3ccc[nH+]c3)C2=O)cc1. The highest BCUT2D eigenvalue weighted by Crippen LogP contribution is 2.33. The first kappa shape index (κ1) is 14.9. The Labute approximate surface area is 139 Å². The number of amides is 1. The third-order valence-corrected chi connectivity index (χ3v) is 4.74. The Hall–Kier alpha value is -1.98. The summed E-state index contributed by atoms with van der Waals surface area (Å²) in [7, 11) is 0. The summed E-state index contributed by atoms with van der Waals surface area (Å²) in [6.45, 7) is 2.54. The van der Waals surface area contributed by atoms with Gasteiger partial charge in [-0.25, -0.2) is 4.98 Å². The maximum atomic E-state index is 12.5. The first-order valence-electron chi connectivity index (χ1n) is 6.90. The van der Waals surface area contributed by atoms with Gasteiger partial charge in [0.15, 0.2) is 12.4 Å². The smallest absolute Gasteiger partial charge is 0.266 e. The minimum Gasteiger partial charge on any atom is -0.288 e. The van der Waals surface area contributed by atoms with Crippen LogP contribution in [0.2, 0.25) is 0 Å². The highest BCUT2D eigenvalue weighted by atomic mass is 32.2. The normalized spacial score (nSPS) is 16.6. The molecule has 0 atom stereocenters. The lowest BCUT2D eigenvalue weighted by atomic mass is 10.1. The van der Waals surface area contributed by atoms with E-state index >= 15 is 0 Å². The Bertz CT molecular complexity index is 739. The van der Waals surface area contributed by atoms with Crippen molar-refractivity contribution in [2.24, 2.45) is 0 Å². The highest BCUT2D eigenvalue weighted by Gasteiger charge is 2.32. The molecule has 0 spiro atoms. The number of aryl methyl sites for hydroxylation is 1. The number of aromatic amines is 1. The van der Waals surface area contributed by atoms with Gasteiger partial charge in [0.05, 0.1) is 11.4 Å². The lowest BCUT2D eigenvalue weighted by Crippen LogP contribution is -2.27. The van der Waals surface area contributed by atoms with Crippen LogP contribution in [-0.4, -0.2) is 15.1 Å². The predicted octanol–water partition coefficient (Wildman–Crippen LogP) is 3.21. The summed E-state index contributed by atoms with van der Waals surface area (Å²) < 4.78 is 0.604. The molecule has 5 heteroatoms. The molecule has 0 radical (unpaired) electrons. The van der Waals surface area contributed by atoms with E-state index in [4.69, 9.17) is 12.2 Å². The first-order valence-corrected chi connectivity index (χ1v) is 8.13. The van der Waals surface area contributed by atoms with E-state index in [1.54, 1.807) is 4.90 Å². The molecule has 2 aromatic rings. The number of nitrogens with zero attached hydrogens (tertiary/aromatic N) is 1. The number of benzene rings is 1. The lowest BCUT2D eigenvalue weighted by molar-refractivity contribution is -0.378. The fourth-order valence-electron chi connectivity index (χ4n) is 2.16. The van der Waals surface area contributed by atoms with Crippen LogP contribution < -0.4 is 4.98 Å². The van der Waals surface area contributed by atoms with Crippen molar-refractivity contribution in [3.05, 3.63) is 70.4 Å². The molecule has 22 heavy (non-hydrogen) atoms. The molecule has 3 nitrogen and oxygen atoms in total. The number of rotatable bonds is 3. The van der Waals surface area contributed by atoms with Crippen LogP contribution in [0.3, 0.4) is 0 Å². The Kier molecular flexibility index (Phi) is 4.36. The molecule has 1 aliphatic heterocycles. The number of carbonyl (C=O) groups is 1. The van der Waals surface area contributed by atoms with Crippen molar-refractivity contribution in [1.29, 1.82) is 0 Å². The summed E-state index contributed by atoms with van der Waals surface area (Å²) in [5.74, 6) is -0.0283. The van der Waals surface area contributed by atoms with Gasteiger partial charge in [0.25, 0.3) is 5.91 Å². The van der Waals surface area contributed by atoms with E-state index in [0.29, 0.717) is 15.8 Å². The van der Waals surface area contributed by atoms with E-state index in [1.165, 1.54) is 17.3 Å². The molecule has 1 N–H and O–H groups in total. The van der Waals surface area contributed by atoms with Crippen LogP contribution in [0.1, 0.15) is 16.7 Å². The zero-order chi connectivity index (χ0) is 15.5. The number of aromatic nitrogens is 1. The average molecular weight is 327 g/mol. The summed E-state index contributed by atoms with van der Waals surface area (Å²) in [4.78, 5) is 17.9. The van der Waals surface area contributed by atoms with Gasteiger partial charge in [0, 0.05) is 11.6 Å². The second kappa shape index (κ2) is 6.42. The molecule has 0 aliphatic carbocycles. The molecule has 110 valence electrons. The van der Waals surface area contributed by atoms with Gasteiger partial charge in [-0.3, -0.25) is 9.69 Å². The van der Waals surface area contributed by atoms with Crippen molar-refractivity contribution in [1.82, 2.24) is 4.90 Å². The minimum absolute atomic E-state index is 0.0283. The number of thiocarbonyl (C=S) groups is 1. The van der Waals surface area contributed by atoms with Crippen LogP contribution in [0.5, 0.6) is 0 Å². The number of thioether (sulfide) groups is 1. The number of pyridine rings is 1. The zero-order valence-corrected chi connectivity index (χ0v) is 13.7. The monoisotopic (exact) mass is 327 g/mol. The summed E-state index contributed by atoms with van der Waals surface area (Å²) in [5.41, 5.74) is 3.24. The molecular formula is C17H15N2OS2+. The third kappa shape index (κ3) is 3.26. The fourth-order valence-corrected chi connectivity index (χ4v) is 3.42. The fraction of sp³-hybridized carbons (Fsp3) is 0.118. The van der Waals surface area contributed by atoms with Gasteiger partial charge in [-0.15, -0.1) is 0 Å². The van der Waals surface area contributed by atoms with Crippen molar-refractivity contribution in [2.45, 2.75) is 13.5 Å². The van der Waals surface area contributed by atoms with E-state index in [9.17, 15) is 4.79 Å². The average Bonchev–Trinajstić information content (AvgIpc) is 2.78. The largest absolute Gasteiger partial charge is 0.288 e. The molecule has 2 heterocycles. The number of hydrogen-bond donors (Lipinski definition) is 0. The summed E-state index contributed by atoms with van der Waals surface area (Å²) in [6, 6.07) is 12.0. The van der Waals surface area contributed by atoms with Crippen LogP contribution in [0.4, 0.5) is 0 Å². The van der Waals surface area contributed by atoms with Crippen LogP contribution in [0.15, 0.2) is 53.7 Å². The summed E-state index contributed by atoms with van der Waals surface area (Å²) >= 11 is 6.71. The molecule has 1 amide bonds. The Balaban J connectivity index is 1.80. The number of nitrogens with one attached hydrogen (secondary N) is 1. The van der Waals surface area contributed by atoms with Gasteiger partial charge in [-0.1, -0.05) is 53.8 Å². The molecule has 0 unspecified atom stereocenters. The van der Waals surface area contributed by atoms with Crippen molar-refractivity contribution in [3.63, 3.8) is 0 Å². The van der Waals surface area contributed by atoms with Crippen molar-refractivity contribution in [3.8, 4) is 0 Å². The second-order valence-corrected chi connectivity index (χ2v) is 6.77. The van der Waals surface area contributed by atoms with Gasteiger partial charge < -0.3 is 0 Å². The molecule has 0 saturated carbocycles. The van der Waals surface area contributed by atoms with Gasteiger partial charge in [0.1, 0.15) is 4.32 Å². The number of H-pyrrole nitrogens is 1. The van der Waals surface area contributed by atoms with Gasteiger partial charge in [-0.2, -0.15) is 0 Å². The summed E-state index contributed by atoms with van der Waals surface area (Å²) in [6.07, 6.45) is 5.61. The van der Waals surface area contributed by atoms with Crippen LogP contribution in [0.25, 0.3) is 6.08 Å². The Morgan fingerprint density at radius 2 is 2.05 bits per heavy atom. The van der Waals surface area contributed by atoms with E-state index in [-0.39, 0.29) is 5.91 Å². The standard InChI is InChI=1S/C17H14N2OS2/c1-12-4-6-13(7-5-12)9-15-16(20)19(17(21)22-15)11-14-3-2-8-18-10-14/h2-10H,11H2,1H3/p+1. The van der Waals surface area contributed by atoms with E-state index < -0.39 is 0 Å². The molecule has 1 aromatic carbocycles. The lowest BCUT2D eigenvalue weighted by Gasteiger charge is -2.12. The Morgan fingerprint density at radius 3 is 2.73 bits per heavy atom. The predicted molar refractivity (Wildman–Crippen MR) is 92.9 cm³/mol. The van der Waals surface area contributed by atoms with Gasteiger partial charge in [-0.05, 0) is 24.6 Å². The molecule has 0 bridgehead atoms. The summed E-state index contributed by atoms with van der Waals surface area (Å²) in [5, 5.41) is 0. The zero-order valence-electron chi connectivity index (χ0n) is 12.1. The first-order chi connectivity index (χ1) is 10.6. The quantitative estimate of drug-likeness (QED) is 0.641. The van der Waals surface area contributed by atoms with Gasteiger partial charge >= 0.3 is 0 Å². The molecule has 1 saturated heterocycles. The maximum absolute atomic E-state index is 12.5. The van der Waals surface area contributed by atoms with Crippen molar-refractivity contribution >= 4 is 40.3 Å². The molecule has 1 fully saturated rings. The maximum Gasteiger partial charge on any atom is 0.266 e. The molecule has 1 aromatic heterocycles.